The van der Waals surface area contributed by atoms with E-state index in [9.17, 15) is 15.0 Å². The van der Waals surface area contributed by atoms with E-state index in [0.717, 1.165) is 10.9 Å². The minimum atomic E-state index is -0.288. The molecule has 1 heterocycles. The van der Waals surface area contributed by atoms with E-state index < -0.39 is 0 Å². The Morgan fingerprint density at radius 2 is 1.88 bits per heavy atom. The number of rotatable bonds is 5. The van der Waals surface area contributed by atoms with Crippen molar-refractivity contribution < 1.29 is 19.7 Å². The maximum absolute atomic E-state index is 12.8. The summed E-state index contributed by atoms with van der Waals surface area (Å²) in [5.41, 5.74) is 2.60. The van der Waals surface area contributed by atoms with Crippen molar-refractivity contribution in [2.75, 3.05) is 7.11 Å². The van der Waals surface area contributed by atoms with E-state index in [-0.39, 0.29) is 19.0 Å². The number of hydrogen-bond donors (Lipinski definition) is 2. The second-order valence-corrected chi connectivity index (χ2v) is 5.38. The first kappa shape index (κ1) is 16.1. The predicted octanol–water partition coefficient (Wildman–Crippen LogP) is 2.46. The quantitative estimate of drug-likeness (QED) is 0.705. The van der Waals surface area contributed by atoms with Gasteiger partial charge in [-0.05, 0) is 29.8 Å². The molecule has 5 heteroatoms. The molecule has 0 spiro atoms. The first-order valence-electron chi connectivity index (χ1n) is 7.49. The summed E-state index contributed by atoms with van der Waals surface area (Å²) in [6, 6.07) is 12.5. The van der Waals surface area contributed by atoms with Crippen molar-refractivity contribution in [3.63, 3.8) is 0 Å². The van der Waals surface area contributed by atoms with Crippen molar-refractivity contribution >= 4 is 16.7 Å². The summed E-state index contributed by atoms with van der Waals surface area (Å²) < 4.78 is 5.24. The van der Waals surface area contributed by atoms with Crippen LogP contribution in [-0.2, 0) is 13.2 Å². The Bertz CT molecular complexity index is 880. The van der Waals surface area contributed by atoms with Crippen LogP contribution < -0.4 is 4.74 Å². The van der Waals surface area contributed by atoms with E-state index in [0.29, 0.717) is 28.0 Å². The van der Waals surface area contributed by atoms with Crippen molar-refractivity contribution in [2.45, 2.75) is 13.2 Å². The molecule has 0 unspecified atom stereocenters. The van der Waals surface area contributed by atoms with Crippen LogP contribution in [0.3, 0.4) is 0 Å². The summed E-state index contributed by atoms with van der Waals surface area (Å²) in [6.07, 6.45) is 1.54. The Kier molecular flexibility index (Phi) is 4.55. The number of aliphatic hydroxyl groups excluding tert-OH is 2. The summed E-state index contributed by atoms with van der Waals surface area (Å²) in [6.45, 7) is -0.561. The molecule has 0 radical (unpaired) electrons. The van der Waals surface area contributed by atoms with Gasteiger partial charge < -0.3 is 14.9 Å². The number of ether oxygens (including phenoxy) is 1. The van der Waals surface area contributed by atoms with E-state index in [1.54, 1.807) is 18.2 Å². The fourth-order valence-corrected chi connectivity index (χ4v) is 2.70. The minimum absolute atomic E-state index is 0.217. The van der Waals surface area contributed by atoms with Gasteiger partial charge in [0.1, 0.15) is 5.75 Å². The van der Waals surface area contributed by atoms with Crippen LogP contribution in [0.25, 0.3) is 10.9 Å². The molecule has 0 aliphatic carbocycles. The molecule has 5 nitrogen and oxygen atoms in total. The Morgan fingerprint density at radius 3 is 2.58 bits per heavy atom. The number of hydrogen-bond acceptors (Lipinski definition) is 5. The van der Waals surface area contributed by atoms with Crippen molar-refractivity contribution in [3.8, 4) is 5.75 Å². The lowest BCUT2D eigenvalue weighted by atomic mass is 9.97. The molecule has 1 aromatic heterocycles. The Balaban J connectivity index is 2.08. The molecular weight excluding hydrogens is 306 g/mol. The minimum Gasteiger partial charge on any atom is -0.496 e. The lowest BCUT2D eigenvalue weighted by Crippen LogP contribution is -2.07. The van der Waals surface area contributed by atoms with E-state index in [1.807, 2.05) is 24.3 Å². The van der Waals surface area contributed by atoms with Crippen LogP contribution in [0, 0.1) is 0 Å². The topological polar surface area (TPSA) is 79.7 Å². The van der Waals surface area contributed by atoms with Gasteiger partial charge in [0.2, 0.25) is 0 Å². The second kappa shape index (κ2) is 6.78. The third-order valence-electron chi connectivity index (χ3n) is 3.96. The van der Waals surface area contributed by atoms with Gasteiger partial charge in [0, 0.05) is 28.3 Å². The van der Waals surface area contributed by atoms with Crippen molar-refractivity contribution in [1.29, 1.82) is 0 Å². The number of benzene rings is 2. The number of aromatic nitrogens is 1. The second-order valence-electron chi connectivity index (χ2n) is 5.38. The highest BCUT2D eigenvalue weighted by Crippen LogP contribution is 2.27. The molecule has 0 fully saturated rings. The molecule has 0 amide bonds. The van der Waals surface area contributed by atoms with Gasteiger partial charge in [-0.1, -0.05) is 18.2 Å². The zero-order valence-corrected chi connectivity index (χ0v) is 13.2. The normalized spacial score (nSPS) is 10.8. The van der Waals surface area contributed by atoms with E-state index in [2.05, 4.69) is 4.98 Å². The Hall–Kier alpha value is -2.76. The number of methoxy groups -OCH3 is 1. The molecule has 0 atom stereocenters. The predicted molar refractivity (Wildman–Crippen MR) is 90.0 cm³/mol. The fraction of sp³-hybridized carbons (Fsp3) is 0.158. The Labute approximate surface area is 139 Å². The maximum atomic E-state index is 12.8. The van der Waals surface area contributed by atoms with Crippen molar-refractivity contribution in [3.05, 3.63) is 70.9 Å². The highest BCUT2D eigenvalue weighted by Gasteiger charge is 2.16. The molecule has 3 aromatic rings. The fourth-order valence-electron chi connectivity index (χ4n) is 2.70. The summed E-state index contributed by atoms with van der Waals surface area (Å²) in [5.74, 6) is 0.159. The van der Waals surface area contributed by atoms with Gasteiger partial charge in [0.05, 0.1) is 25.8 Å². The van der Waals surface area contributed by atoms with E-state index >= 15 is 0 Å². The average molecular weight is 323 g/mol. The van der Waals surface area contributed by atoms with Gasteiger partial charge in [0.15, 0.2) is 5.78 Å². The molecule has 0 aliphatic heterocycles. The lowest BCUT2D eigenvalue weighted by molar-refractivity contribution is 0.103. The van der Waals surface area contributed by atoms with Crippen LogP contribution >= 0.6 is 0 Å². The number of pyridine rings is 1. The van der Waals surface area contributed by atoms with Gasteiger partial charge in [-0.15, -0.1) is 0 Å². The smallest absolute Gasteiger partial charge is 0.194 e. The average Bonchev–Trinajstić information content (AvgIpc) is 2.65. The van der Waals surface area contributed by atoms with E-state index in [1.165, 1.54) is 13.3 Å². The summed E-state index contributed by atoms with van der Waals surface area (Å²) in [4.78, 5) is 17.1. The van der Waals surface area contributed by atoms with Gasteiger partial charge in [-0.25, -0.2) is 0 Å². The molecule has 2 aromatic carbocycles. The number of nitrogens with zero attached hydrogens (tertiary/aromatic N) is 1. The van der Waals surface area contributed by atoms with Crippen molar-refractivity contribution in [2.24, 2.45) is 0 Å². The van der Waals surface area contributed by atoms with Crippen molar-refractivity contribution in [1.82, 2.24) is 4.98 Å². The summed E-state index contributed by atoms with van der Waals surface area (Å²) in [7, 11) is 1.46. The number of carbonyl (C=O) groups is 1. The lowest BCUT2D eigenvalue weighted by Gasteiger charge is -2.13. The zero-order valence-electron chi connectivity index (χ0n) is 13.2. The van der Waals surface area contributed by atoms with Gasteiger partial charge in [-0.3, -0.25) is 9.78 Å². The highest BCUT2D eigenvalue weighted by molar-refractivity contribution is 6.10. The molecule has 0 aliphatic rings. The summed E-state index contributed by atoms with van der Waals surface area (Å²) in [5, 5.41) is 19.8. The van der Waals surface area contributed by atoms with Gasteiger partial charge >= 0.3 is 0 Å². The summed E-state index contributed by atoms with van der Waals surface area (Å²) >= 11 is 0. The van der Waals surface area contributed by atoms with Gasteiger partial charge in [0.25, 0.3) is 0 Å². The number of aliphatic hydroxyl groups is 2. The standard InChI is InChI=1S/C19H17NO4/c1-24-18-8-13(7-15(10-21)16(18)11-22)19(23)14-6-12-4-2-3-5-17(12)20-9-14/h2-9,21-22H,10-11H2,1H3. The maximum Gasteiger partial charge on any atom is 0.194 e. The molecule has 0 saturated heterocycles. The largest absolute Gasteiger partial charge is 0.496 e. The highest BCUT2D eigenvalue weighted by atomic mass is 16.5. The van der Waals surface area contributed by atoms with Crippen LogP contribution in [0.1, 0.15) is 27.0 Å². The van der Waals surface area contributed by atoms with Crippen LogP contribution in [0.4, 0.5) is 0 Å². The molecular formula is C19H17NO4. The Morgan fingerprint density at radius 1 is 1.08 bits per heavy atom. The molecule has 2 N–H and O–H groups in total. The van der Waals surface area contributed by atoms with Crippen LogP contribution in [-0.4, -0.2) is 28.1 Å². The zero-order chi connectivity index (χ0) is 17.1. The van der Waals surface area contributed by atoms with Gasteiger partial charge in [-0.2, -0.15) is 0 Å². The number of carbonyl (C=O) groups excluding carboxylic acids is 1. The van der Waals surface area contributed by atoms with Crippen LogP contribution in [0.5, 0.6) is 5.75 Å². The molecule has 0 saturated carbocycles. The monoisotopic (exact) mass is 323 g/mol. The number of ketones is 1. The third-order valence-corrected chi connectivity index (χ3v) is 3.96. The molecule has 3 rings (SSSR count). The first-order chi connectivity index (χ1) is 11.7. The SMILES string of the molecule is COc1cc(C(=O)c2cnc3ccccc3c2)cc(CO)c1CO. The molecule has 24 heavy (non-hydrogen) atoms. The number of para-hydroxylation sites is 1. The van der Waals surface area contributed by atoms with Crippen LogP contribution in [0.15, 0.2) is 48.7 Å². The number of fused-ring (bicyclic) bond motifs is 1. The first-order valence-corrected chi connectivity index (χ1v) is 7.49. The van der Waals surface area contributed by atoms with E-state index in [4.69, 9.17) is 4.74 Å². The molecule has 0 bridgehead atoms. The molecule has 122 valence electrons. The van der Waals surface area contributed by atoms with Crippen LogP contribution in [0.2, 0.25) is 0 Å². The third kappa shape index (κ3) is 2.87.